The van der Waals surface area contributed by atoms with Gasteiger partial charge >= 0.3 is 0 Å². The first-order valence-electron chi connectivity index (χ1n) is 7.84. The summed E-state index contributed by atoms with van der Waals surface area (Å²) in [6.07, 6.45) is 0.942. The minimum absolute atomic E-state index is 0.167. The molecule has 5 nitrogen and oxygen atoms in total. The molecule has 2 heterocycles. The van der Waals surface area contributed by atoms with Gasteiger partial charge in [0.05, 0.1) is 11.1 Å². The van der Waals surface area contributed by atoms with Gasteiger partial charge < -0.3 is 15.5 Å². The molecule has 0 saturated carbocycles. The minimum Gasteiger partial charge on any atom is -0.466 e. The third kappa shape index (κ3) is 3.33. The Morgan fingerprint density at radius 3 is 2.62 bits per heavy atom. The number of furan rings is 1. The number of hydrogen-bond acceptors (Lipinski definition) is 5. The lowest BCUT2D eigenvalue weighted by Crippen LogP contribution is -2.28. The zero-order valence-electron chi connectivity index (χ0n) is 14.1. The molecule has 126 valence electrons. The van der Waals surface area contributed by atoms with E-state index in [0.717, 1.165) is 29.2 Å². The number of anilines is 1. The molecule has 3 N–H and O–H groups in total. The number of benzene rings is 1. The molecular weight excluding hydrogens is 322 g/mol. The van der Waals surface area contributed by atoms with Crippen molar-refractivity contribution in [1.82, 2.24) is 0 Å². The number of amidine groups is 1. The van der Waals surface area contributed by atoms with Crippen LogP contribution in [0.25, 0.3) is 0 Å². The van der Waals surface area contributed by atoms with Gasteiger partial charge in [0, 0.05) is 11.4 Å². The van der Waals surface area contributed by atoms with E-state index in [1.165, 1.54) is 0 Å². The first kappa shape index (κ1) is 16.6. The van der Waals surface area contributed by atoms with Crippen LogP contribution >= 0.6 is 11.8 Å². The summed E-state index contributed by atoms with van der Waals surface area (Å²) in [6.45, 7) is 5.70. The van der Waals surface area contributed by atoms with Crippen LogP contribution < -0.4 is 11.1 Å². The molecule has 0 saturated heterocycles. The van der Waals surface area contributed by atoms with Gasteiger partial charge in [-0.3, -0.25) is 9.79 Å². The predicted octanol–water partition coefficient (Wildman–Crippen LogP) is 3.82. The Morgan fingerprint density at radius 1 is 1.33 bits per heavy atom. The second-order valence-corrected chi connectivity index (χ2v) is 7.30. The van der Waals surface area contributed by atoms with E-state index in [4.69, 9.17) is 10.2 Å². The molecule has 1 atom stereocenters. The normalized spacial score (nSPS) is 20.5. The minimum atomic E-state index is -0.296. The van der Waals surface area contributed by atoms with Crippen molar-refractivity contribution in [2.45, 2.75) is 32.7 Å². The number of aryl methyl sites for hydroxylation is 2. The maximum atomic E-state index is 12.3. The molecule has 0 radical (unpaired) electrons. The largest absolute Gasteiger partial charge is 0.466 e. The Labute approximate surface area is 145 Å². The maximum Gasteiger partial charge on any atom is 0.259 e. The van der Waals surface area contributed by atoms with Gasteiger partial charge in [0.1, 0.15) is 11.5 Å². The quantitative estimate of drug-likeness (QED) is 0.888. The predicted molar refractivity (Wildman–Crippen MR) is 98.6 cm³/mol. The van der Waals surface area contributed by atoms with Crippen LogP contribution in [-0.4, -0.2) is 16.8 Å². The number of carbonyl (C=O) groups excluding carboxylic acids is 1. The average molecular weight is 343 g/mol. The van der Waals surface area contributed by atoms with Crippen LogP contribution in [0.3, 0.4) is 0 Å². The maximum absolute atomic E-state index is 12.3. The van der Waals surface area contributed by atoms with Crippen molar-refractivity contribution in [3.05, 3.63) is 53.0 Å². The smallest absolute Gasteiger partial charge is 0.259 e. The summed E-state index contributed by atoms with van der Waals surface area (Å²) in [5.74, 6) is 2.15. The second-order valence-electron chi connectivity index (χ2n) is 6.18. The number of nitrogens with one attached hydrogen (secondary N) is 1. The first-order valence-corrected chi connectivity index (χ1v) is 8.83. The van der Waals surface area contributed by atoms with Gasteiger partial charge in [0.15, 0.2) is 5.17 Å². The van der Waals surface area contributed by atoms with Crippen molar-refractivity contribution in [2.75, 3.05) is 11.1 Å². The van der Waals surface area contributed by atoms with E-state index in [2.05, 4.69) is 17.2 Å². The molecular formula is C18H21N3O2S. The van der Waals surface area contributed by atoms with Crippen LogP contribution in [0, 0.1) is 13.8 Å². The molecule has 0 aliphatic carbocycles. The zero-order valence-corrected chi connectivity index (χ0v) is 14.9. The van der Waals surface area contributed by atoms with Crippen molar-refractivity contribution in [3.8, 4) is 0 Å². The van der Waals surface area contributed by atoms with E-state index in [0.29, 0.717) is 16.5 Å². The van der Waals surface area contributed by atoms with Gasteiger partial charge in [0.2, 0.25) is 0 Å². The molecule has 1 aromatic heterocycles. The van der Waals surface area contributed by atoms with Crippen LogP contribution in [0.2, 0.25) is 0 Å². The van der Waals surface area contributed by atoms with Crippen molar-refractivity contribution in [2.24, 2.45) is 10.7 Å². The number of carbonyl (C=O) groups is 1. The van der Waals surface area contributed by atoms with E-state index in [1.54, 1.807) is 24.8 Å². The molecule has 3 rings (SSSR count). The highest BCUT2D eigenvalue weighted by Crippen LogP contribution is 2.35. The van der Waals surface area contributed by atoms with Gasteiger partial charge in [-0.15, -0.1) is 0 Å². The summed E-state index contributed by atoms with van der Waals surface area (Å²) >= 11 is 1.59. The molecule has 24 heavy (non-hydrogen) atoms. The van der Waals surface area contributed by atoms with Crippen molar-refractivity contribution in [1.29, 1.82) is 0 Å². The number of rotatable bonds is 3. The molecule has 1 amide bonds. The molecule has 2 aromatic rings. The number of nitrogens with two attached hydrogens (primary N) is 1. The Balaban J connectivity index is 1.76. The topological polar surface area (TPSA) is 80.6 Å². The lowest BCUT2D eigenvalue weighted by Gasteiger charge is -2.29. The van der Waals surface area contributed by atoms with Crippen LogP contribution in [0.4, 0.5) is 5.69 Å². The number of amides is 1. The zero-order chi connectivity index (χ0) is 17.3. The highest BCUT2D eigenvalue weighted by molar-refractivity contribution is 8.13. The lowest BCUT2D eigenvalue weighted by atomic mass is 9.90. The third-order valence-corrected chi connectivity index (χ3v) is 5.04. The summed E-state index contributed by atoms with van der Waals surface area (Å²) < 4.78 is 5.41. The summed E-state index contributed by atoms with van der Waals surface area (Å²) in [6, 6.07) is 9.53. The number of aliphatic imine (C=N–C) groups is 1. The van der Waals surface area contributed by atoms with Crippen LogP contribution in [-0.2, 0) is 5.54 Å². The highest BCUT2D eigenvalue weighted by Gasteiger charge is 2.29. The fourth-order valence-corrected chi connectivity index (χ4v) is 3.84. The molecule has 0 fully saturated rings. The monoisotopic (exact) mass is 343 g/mol. The fraction of sp³-hybridized carbons (Fsp3) is 0.333. The number of nitrogens with zero attached hydrogens (tertiary/aromatic N) is 1. The molecule has 1 aliphatic heterocycles. The van der Waals surface area contributed by atoms with Crippen molar-refractivity contribution in [3.63, 3.8) is 0 Å². The summed E-state index contributed by atoms with van der Waals surface area (Å²) in [5, 5.41) is 3.53. The Hall–Kier alpha value is -2.21. The molecule has 0 spiro atoms. The first-order chi connectivity index (χ1) is 11.4. The summed E-state index contributed by atoms with van der Waals surface area (Å²) in [4.78, 5) is 16.9. The molecule has 0 bridgehead atoms. The number of hydrogen-bond donors (Lipinski definition) is 2. The average Bonchev–Trinajstić information content (AvgIpc) is 2.86. The standard InChI is InChI=1S/C18H21N3O2S/c1-11-10-15(12(2)23-11)16(22)20-14-6-4-13(5-7-14)18(3)8-9-24-17(19)21-18/h4-7,10H,8-9H2,1-3H3,(H2,19,21)(H,20,22). The highest BCUT2D eigenvalue weighted by atomic mass is 32.2. The van der Waals surface area contributed by atoms with E-state index >= 15 is 0 Å². The molecule has 1 aromatic carbocycles. The van der Waals surface area contributed by atoms with E-state index < -0.39 is 0 Å². The van der Waals surface area contributed by atoms with Crippen LogP contribution in [0.15, 0.2) is 39.7 Å². The molecule has 1 unspecified atom stereocenters. The Bertz CT molecular complexity index is 795. The fourth-order valence-electron chi connectivity index (χ4n) is 2.86. The summed E-state index contributed by atoms with van der Waals surface area (Å²) in [5.41, 5.74) is 7.98. The van der Waals surface area contributed by atoms with E-state index in [1.807, 2.05) is 31.2 Å². The van der Waals surface area contributed by atoms with Gasteiger partial charge in [-0.2, -0.15) is 0 Å². The van der Waals surface area contributed by atoms with E-state index in [-0.39, 0.29) is 11.4 Å². The molecule has 6 heteroatoms. The van der Waals surface area contributed by atoms with Gasteiger partial charge in [-0.25, -0.2) is 0 Å². The van der Waals surface area contributed by atoms with Crippen LogP contribution in [0.1, 0.15) is 40.8 Å². The van der Waals surface area contributed by atoms with Gasteiger partial charge in [-0.1, -0.05) is 23.9 Å². The van der Waals surface area contributed by atoms with E-state index in [9.17, 15) is 4.79 Å². The van der Waals surface area contributed by atoms with Gasteiger partial charge in [-0.05, 0) is 51.0 Å². The van der Waals surface area contributed by atoms with Crippen molar-refractivity contribution < 1.29 is 9.21 Å². The van der Waals surface area contributed by atoms with Crippen molar-refractivity contribution >= 4 is 28.5 Å². The SMILES string of the molecule is Cc1cc(C(=O)Nc2ccc(C3(C)CCSC(N)=N3)cc2)c(C)o1. The summed E-state index contributed by atoms with van der Waals surface area (Å²) in [7, 11) is 0. The Kier molecular flexibility index (Phi) is 4.41. The second kappa shape index (κ2) is 6.36. The molecule has 1 aliphatic rings. The third-order valence-electron chi connectivity index (χ3n) is 4.25. The number of thioether (sulfide) groups is 1. The lowest BCUT2D eigenvalue weighted by molar-refractivity contribution is 0.102. The van der Waals surface area contributed by atoms with Crippen LogP contribution in [0.5, 0.6) is 0 Å². The van der Waals surface area contributed by atoms with Gasteiger partial charge in [0.25, 0.3) is 5.91 Å². The Morgan fingerprint density at radius 2 is 2.04 bits per heavy atom.